The van der Waals surface area contributed by atoms with Crippen molar-refractivity contribution >= 4 is 11.9 Å². The topological polar surface area (TPSA) is 43.9 Å². The first-order valence-electron chi connectivity index (χ1n) is 9.59. The van der Waals surface area contributed by atoms with Crippen LogP contribution in [0.4, 0.5) is 4.79 Å². The molecule has 0 saturated carbocycles. The minimum Gasteiger partial charge on any atom is -0.335 e. The van der Waals surface area contributed by atoms with Gasteiger partial charge in [0.2, 0.25) is 0 Å². The van der Waals surface area contributed by atoms with Crippen LogP contribution in [0.2, 0.25) is 0 Å². The second kappa shape index (κ2) is 8.56. The van der Waals surface area contributed by atoms with Gasteiger partial charge in [-0.1, -0.05) is 33.8 Å². The maximum absolute atomic E-state index is 12.9. The fourth-order valence-corrected chi connectivity index (χ4v) is 3.48. The van der Waals surface area contributed by atoms with E-state index in [-0.39, 0.29) is 11.9 Å². The van der Waals surface area contributed by atoms with Crippen LogP contribution in [-0.2, 0) is 6.42 Å². The zero-order valence-corrected chi connectivity index (χ0v) is 17.1. The predicted octanol–water partition coefficient (Wildman–Crippen LogP) is 3.45. The quantitative estimate of drug-likeness (QED) is 0.826. The summed E-state index contributed by atoms with van der Waals surface area (Å²) in [7, 11) is 3.51. The fraction of sp³-hybridized carbons (Fsp3) is 0.619. The van der Waals surface area contributed by atoms with Crippen LogP contribution in [0.5, 0.6) is 0 Å². The van der Waals surface area contributed by atoms with Crippen LogP contribution in [0.1, 0.15) is 55.1 Å². The summed E-state index contributed by atoms with van der Waals surface area (Å²) in [6.45, 7) is 11.2. The molecule has 1 fully saturated rings. The molecule has 0 atom stereocenters. The Morgan fingerprint density at radius 2 is 1.58 bits per heavy atom. The third-order valence-electron chi connectivity index (χ3n) is 4.86. The fourth-order valence-electron chi connectivity index (χ4n) is 3.48. The number of piperazine rings is 1. The molecule has 144 valence electrons. The van der Waals surface area contributed by atoms with Gasteiger partial charge in [0.1, 0.15) is 0 Å². The van der Waals surface area contributed by atoms with Crippen LogP contribution in [0.3, 0.4) is 0 Å². The molecule has 1 aliphatic rings. The molecule has 3 amide bonds. The highest BCUT2D eigenvalue weighted by atomic mass is 16.2. The Hall–Kier alpha value is -2.04. The molecule has 2 rings (SSSR count). The third-order valence-corrected chi connectivity index (χ3v) is 4.86. The average molecular weight is 360 g/mol. The van der Waals surface area contributed by atoms with Crippen molar-refractivity contribution < 1.29 is 9.59 Å². The minimum atomic E-state index is 0.0117. The van der Waals surface area contributed by atoms with Gasteiger partial charge in [-0.05, 0) is 41.5 Å². The van der Waals surface area contributed by atoms with Gasteiger partial charge in [-0.15, -0.1) is 0 Å². The number of amides is 3. The smallest absolute Gasteiger partial charge is 0.319 e. The van der Waals surface area contributed by atoms with Crippen molar-refractivity contribution in [2.75, 3.05) is 40.3 Å². The third kappa shape index (κ3) is 4.77. The molecule has 1 heterocycles. The Morgan fingerprint density at radius 1 is 1.00 bits per heavy atom. The lowest BCUT2D eigenvalue weighted by Crippen LogP contribution is -2.52. The monoisotopic (exact) mass is 359 g/mol. The molecule has 1 aliphatic heterocycles. The number of carbonyl (C=O) groups excluding carboxylic acids is 2. The molecule has 0 radical (unpaired) electrons. The summed E-state index contributed by atoms with van der Waals surface area (Å²) in [5, 5.41) is 0. The van der Waals surface area contributed by atoms with Crippen molar-refractivity contribution in [1.82, 2.24) is 14.7 Å². The summed E-state index contributed by atoms with van der Waals surface area (Å²) < 4.78 is 0. The highest BCUT2D eigenvalue weighted by Crippen LogP contribution is 2.24. The molecule has 0 spiro atoms. The Bertz CT molecular complexity index is 645. The molecular weight excluding hydrogens is 326 g/mol. The summed E-state index contributed by atoms with van der Waals surface area (Å²) in [5.41, 5.74) is 3.37. The molecular formula is C21H33N3O2. The van der Waals surface area contributed by atoms with E-state index in [1.54, 1.807) is 23.9 Å². The number of urea groups is 1. The Labute approximate surface area is 158 Å². The Balaban J connectivity index is 2.11. The van der Waals surface area contributed by atoms with Crippen molar-refractivity contribution in [1.29, 1.82) is 0 Å². The van der Waals surface area contributed by atoms with Gasteiger partial charge in [-0.3, -0.25) is 4.79 Å². The molecule has 1 aromatic rings. The summed E-state index contributed by atoms with van der Waals surface area (Å²) in [4.78, 5) is 30.2. The number of hydrogen-bond donors (Lipinski definition) is 0. The second-order valence-corrected chi connectivity index (χ2v) is 8.12. The first-order valence-corrected chi connectivity index (χ1v) is 9.59. The van der Waals surface area contributed by atoms with Crippen molar-refractivity contribution in [3.8, 4) is 0 Å². The van der Waals surface area contributed by atoms with Gasteiger partial charge in [0.15, 0.2) is 0 Å². The summed E-state index contributed by atoms with van der Waals surface area (Å²) >= 11 is 0. The van der Waals surface area contributed by atoms with Gasteiger partial charge >= 0.3 is 6.03 Å². The standard InChI is InChI=1S/C21H33N3O2/c1-15(2)13-18-14-17(7-8-19(18)16(3)4)20(25)23-9-11-24(12-10-23)21(26)22(5)6/h7-8,14-16H,9-13H2,1-6H3. The molecule has 1 saturated heterocycles. The second-order valence-electron chi connectivity index (χ2n) is 8.12. The summed E-state index contributed by atoms with van der Waals surface area (Å²) in [6.07, 6.45) is 0.986. The highest BCUT2D eigenvalue weighted by Gasteiger charge is 2.26. The molecule has 0 bridgehead atoms. The van der Waals surface area contributed by atoms with E-state index in [0.717, 1.165) is 12.0 Å². The highest BCUT2D eigenvalue weighted by molar-refractivity contribution is 5.94. The van der Waals surface area contributed by atoms with Crippen molar-refractivity contribution in [2.45, 2.75) is 40.0 Å². The normalized spacial score (nSPS) is 14.9. The Kier molecular flexibility index (Phi) is 6.68. The van der Waals surface area contributed by atoms with E-state index >= 15 is 0 Å². The van der Waals surface area contributed by atoms with E-state index in [9.17, 15) is 9.59 Å². The molecule has 0 N–H and O–H groups in total. The average Bonchev–Trinajstić information content (AvgIpc) is 2.59. The van der Waals surface area contributed by atoms with E-state index in [4.69, 9.17) is 0 Å². The maximum Gasteiger partial charge on any atom is 0.319 e. The van der Waals surface area contributed by atoms with Gasteiger partial charge in [0, 0.05) is 45.8 Å². The van der Waals surface area contributed by atoms with E-state index in [1.165, 1.54) is 11.1 Å². The zero-order chi connectivity index (χ0) is 19.4. The maximum atomic E-state index is 12.9. The van der Waals surface area contributed by atoms with Crippen molar-refractivity contribution in [2.24, 2.45) is 5.92 Å². The first kappa shape index (κ1) is 20.3. The van der Waals surface area contributed by atoms with Crippen molar-refractivity contribution in [3.63, 3.8) is 0 Å². The first-order chi connectivity index (χ1) is 12.2. The molecule has 0 aliphatic carbocycles. The van der Waals surface area contributed by atoms with Crippen LogP contribution in [0.15, 0.2) is 18.2 Å². The zero-order valence-electron chi connectivity index (χ0n) is 17.1. The lowest BCUT2D eigenvalue weighted by Gasteiger charge is -2.36. The van der Waals surface area contributed by atoms with Gasteiger partial charge < -0.3 is 14.7 Å². The largest absolute Gasteiger partial charge is 0.335 e. The van der Waals surface area contributed by atoms with Crippen molar-refractivity contribution in [3.05, 3.63) is 34.9 Å². The number of hydrogen-bond acceptors (Lipinski definition) is 2. The van der Waals surface area contributed by atoms with Gasteiger partial charge in [-0.25, -0.2) is 4.79 Å². The minimum absolute atomic E-state index is 0.0117. The number of carbonyl (C=O) groups is 2. The van der Waals surface area contributed by atoms with Gasteiger partial charge in [0.05, 0.1) is 0 Å². The molecule has 26 heavy (non-hydrogen) atoms. The molecule has 1 aromatic carbocycles. The summed E-state index contributed by atoms with van der Waals surface area (Å²) in [6, 6.07) is 6.16. The van der Waals surface area contributed by atoms with Crippen LogP contribution in [0, 0.1) is 5.92 Å². The lowest BCUT2D eigenvalue weighted by atomic mass is 9.90. The van der Waals surface area contributed by atoms with Gasteiger partial charge in [-0.2, -0.15) is 0 Å². The number of rotatable bonds is 4. The molecule has 0 unspecified atom stereocenters. The van der Waals surface area contributed by atoms with Gasteiger partial charge in [0.25, 0.3) is 5.91 Å². The summed E-state index contributed by atoms with van der Waals surface area (Å²) in [5.74, 6) is 1.08. The number of benzene rings is 1. The Morgan fingerprint density at radius 3 is 2.08 bits per heavy atom. The number of nitrogens with zero attached hydrogens (tertiary/aromatic N) is 3. The van der Waals surface area contributed by atoms with E-state index < -0.39 is 0 Å². The van der Waals surface area contributed by atoms with Crippen LogP contribution in [0.25, 0.3) is 0 Å². The molecule has 5 nitrogen and oxygen atoms in total. The van der Waals surface area contributed by atoms with Crippen LogP contribution < -0.4 is 0 Å². The molecule has 0 aromatic heterocycles. The van der Waals surface area contributed by atoms with E-state index in [1.807, 2.05) is 11.0 Å². The lowest BCUT2D eigenvalue weighted by molar-refractivity contribution is 0.0650. The van der Waals surface area contributed by atoms with Crippen LogP contribution in [-0.4, -0.2) is 66.9 Å². The SMILES string of the molecule is CC(C)Cc1cc(C(=O)N2CCN(C(=O)N(C)C)CC2)ccc1C(C)C. The van der Waals surface area contributed by atoms with E-state index in [2.05, 4.69) is 39.8 Å². The molecule has 5 heteroatoms. The predicted molar refractivity (Wildman–Crippen MR) is 106 cm³/mol. The van der Waals surface area contributed by atoms with Crippen LogP contribution >= 0.6 is 0 Å². The van der Waals surface area contributed by atoms with E-state index in [0.29, 0.717) is 38.0 Å².